The Balaban J connectivity index is 2.65. The van der Waals surface area contributed by atoms with Crippen LogP contribution < -0.4 is 11.1 Å². The van der Waals surface area contributed by atoms with Crippen molar-refractivity contribution in [3.63, 3.8) is 0 Å². The standard InChI is InChI=1S/C13H16N2O2/c1-2-6-11(14)13(17)15-12(9-16)10-7-4-3-5-8-10/h1,3-5,7-8,11-12,16H,6,9,14H2,(H,15,17). The van der Waals surface area contributed by atoms with E-state index in [1.165, 1.54) is 0 Å². The van der Waals surface area contributed by atoms with E-state index in [9.17, 15) is 9.90 Å². The number of nitrogens with two attached hydrogens (primary N) is 1. The summed E-state index contributed by atoms with van der Waals surface area (Å²) < 4.78 is 0. The smallest absolute Gasteiger partial charge is 0.238 e. The number of hydrogen-bond donors (Lipinski definition) is 3. The van der Waals surface area contributed by atoms with Gasteiger partial charge >= 0.3 is 0 Å². The Hall–Kier alpha value is -1.83. The van der Waals surface area contributed by atoms with Gasteiger partial charge in [0.05, 0.1) is 18.7 Å². The second kappa shape index (κ2) is 6.69. The molecule has 0 saturated heterocycles. The van der Waals surface area contributed by atoms with Gasteiger partial charge in [-0.3, -0.25) is 4.79 Å². The van der Waals surface area contributed by atoms with Gasteiger partial charge in [-0.05, 0) is 5.56 Å². The molecule has 0 heterocycles. The number of carbonyl (C=O) groups is 1. The number of hydrogen-bond acceptors (Lipinski definition) is 3. The van der Waals surface area contributed by atoms with Crippen LogP contribution in [0, 0.1) is 12.3 Å². The van der Waals surface area contributed by atoms with Crippen molar-refractivity contribution >= 4 is 5.91 Å². The molecule has 1 rings (SSSR count). The monoisotopic (exact) mass is 232 g/mol. The number of benzene rings is 1. The molecule has 2 unspecified atom stereocenters. The van der Waals surface area contributed by atoms with Gasteiger partial charge in [-0.2, -0.15) is 0 Å². The average molecular weight is 232 g/mol. The minimum absolute atomic E-state index is 0.179. The van der Waals surface area contributed by atoms with Gasteiger partial charge in [-0.1, -0.05) is 30.3 Å². The Morgan fingerprint density at radius 1 is 1.47 bits per heavy atom. The summed E-state index contributed by atoms with van der Waals surface area (Å²) in [5, 5.41) is 11.9. The maximum atomic E-state index is 11.6. The molecular weight excluding hydrogens is 216 g/mol. The van der Waals surface area contributed by atoms with E-state index in [-0.39, 0.29) is 18.9 Å². The van der Waals surface area contributed by atoms with E-state index < -0.39 is 12.1 Å². The zero-order valence-electron chi connectivity index (χ0n) is 9.47. The van der Waals surface area contributed by atoms with Gasteiger partial charge in [0, 0.05) is 6.42 Å². The van der Waals surface area contributed by atoms with Gasteiger partial charge in [-0.25, -0.2) is 0 Å². The Kier molecular flexibility index (Phi) is 5.21. The van der Waals surface area contributed by atoms with Crippen molar-refractivity contribution in [2.45, 2.75) is 18.5 Å². The number of nitrogens with one attached hydrogen (secondary N) is 1. The van der Waals surface area contributed by atoms with Gasteiger partial charge in [0.15, 0.2) is 0 Å². The predicted octanol–water partition coefficient (Wildman–Crippen LogP) is 0.187. The molecule has 17 heavy (non-hydrogen) atoms. The highest BCUT2D eigenvalue weighted by atomic mass is 16.3. The summed E-state index contributed by atoms with van der Waals surface area (Å²) in [4.78, 5) is 11.6. The minimum Gasteiger partial charge on any atom is -0.394 e. The number of terminal acetylenes is 1. The summed E-state index contributed by atoms with van der Waals surface area (Å²) in [6, 6.07) is 8.01. The third-order valence-corrected chi connectivity index (χ3v) is 2.38. The molecule has 0 aliphatic carbocycles. The third kappa shape index (κ3) is 3.91. The van der Waals surface area contributed by atoms with Crippen molar-refractivity contribution < 1.29 is 9.90 Å². The second-order valence-electron chi connectivity index (χ2n) is 3.67. The van der Waals surface area contributed by atoms with Gasteiger partial charge in [0.1, 0.15) is 0 Å². The van der Waals surface area contributed by atoms with Gasteiger partial charge in [-0.15, -0.1) is 12.3 Å². The number of rotatable bonds is 5. The molecule has 0 aromatic heterocycles. The summed E-state index contributed by atoms with van der Waals surface area (Å²) in [7, 11) is 0. The fourth-order valence-corrected chi connectivity index (χ4v) is 1.42. The molecule has 4 N–H and O–H groups in total. The fraction of sp³-hybridized carbons (Fsp3) is 0.308. The van der Waals surface area contributed by atoms with Crippen LogP contribution in [-0.2, 0) is 4.79 Å². The summed E-state index contributed by atoms with van der Waals surface area (Å²) in [5.74, 6) is 1.98. The molecule has 1 aromatic carbocycles. The molecule has 0 saturated carbocycles. The van der Waals surface area contributed by atoms with E-state index >= 15 is 0 Å². The van der Waals surface area contributed by atoms with Crippen LogP contribution in [-0.4, -0.2) is 23.7 Å². The molecule has 0 fully saturated rings. The first-order chi connectivity index (χ1) is 8.19. The van der Waals surface area contributed by atoms with Crippen LogP contribution in [0.3, 0.4) is 0 Å². The number of aliphatic hydroxyl groups is 1. The molecule has 1 amide bonds. The van der Waals surface area contributed by atoms with Crippen molar-refractivity contribution in [3.8, 4) is 12.3 Å². The van der Waals surface area contributed by atoms with Gasteiger partial charge in [0.2, 0.25) is 5.91 Å². The van der Waals surface area contributed by atoms with E-state index in [1.54, 1.807) is 0 Å². The largest absolute Gasteiger partial charge is 0.394 e. The van der Waals surface area contributed by atoms with Crippen molar-refractivity contribution in [3.05, 3.63) is 35.9 Å². The van der Waals surface area contributed by atoms with Gasteiger partial charge < -0.3 is 16.2 Å². The molecule has 0 radical (unpaired) electrons. The summed E-state index contributed by atoms with van der Waals surface area (Å²) in [5.41, 5.74) is 6.40. The van der Waals surface area contributed by atoms with Crippen LogP contribution in [0.2, 0.25) is 0 Å². The molecule has 0 bridgehead atoms. The van der Waals surface area contributed by atoms with Crippen LogP contribution >= 0.6 is 0 Å². The van der Waals surface area contributed by atoms with Gasteiger partial charge in [0.25, 0.3) is 0 Å². The lowest BCUT2D eigenvalue weighted by Crippen LogP contribution is -2.42. The zero-order valence-corrected chi connectivity index (χ0v) is 9.47. The second-order valence-corrected chi connectivity index (χ2v) is 3.67. The van der Waals surface area contributed by atoms with Crippen molar-refractivity contribution in [2.75, 3.05) is 6.61 Å². The molecule has 4 nitrogen and oxygen atoms in total. The third-order valence-electron chi connectivity index (χ3n) is 2.38. The normalized spacial score (nSPS) is 13.5. The lowest BCUT2D eigenvalue weighted by molar-refractivity contribution is -0.123. The topological polar surface area (TPSA) is 75.4 Å². The van der Waals surface area contributed by atoms with Crippen molar-refractivity contribution in [2.24, 2.45) is 5.73 Å². The number of amides is 1. The van der Waals surface area contributed by atoms with Crippen LogP contribution in [0.5, 0.6) is 0 Å². The van der Waals surface area contributed by atoms with Crippen LogP contribution in [0.1, 0.15) is 18.0 Å². The Bertz CT molecular complexity index is 398. The summed E-state index contributed by atoms with van der Waals surface area (Å²) in [6.45, 7) is -0.182. The van der Waals surface area contributed by atoms with Crippen molar-refractivity contribution in [1.29, 1.82) is 0 Å². The first kappa shape index (κ1) is 13.2. The van der Waals surface area contributed by atoms with Crippen LogP contribution in [0.15, 0.2) is 30.3 Å². The molecule has 0 aliphatic rings. The molecule has 0 spiro atoms. The lowest BCUT2D eigenvalue weighted by atomic mass is 10.1. The molecule has 0 aliphatic heterocycles. The van der Waals surface area contributed by atoms with E-state index in [0.717, 1.165) is 5.56 Å². The average Bonchev–Trinajstić information content (AvgIpc) is 2.37. The highest BCUT2D eigenvalue weighted by molar-refractivity contribution is 5.82. The van der Waals surface area contributed by atoms with Crippen molar-refractivity contribution in [1.82, 2.24) is 5.32 Å². The highest BCUT2D eigenvalue weighted by Gasteiger charge is 2.17. The summed E-state index contributed by atoms with van der Waals surface area (Å²) in [6.07, 6.45) is 5.26. The quantitative estimate of drug-likeness (QED) is 0.634. The molecular formula is C13H16N2O2. The maximum absolute atomic E-state index is 11.6. The lowest BCUT2D eigenvalue weighted by Gasteiger charge is -2.18. The van der Waals surface area contributed by atoms with E-state index in [4.69, 9.17) is 12.2 Å². The first-order valence-electron chi connectivity index (χ1n) is 5.34. The Labute approximate surface area is 101 Å². The van der Waals surface area contributed by atoms with Crippen LogP contribution in [0.4, 0.5) is 0 Å². The van der Waals surface area contributed by atoms with E-state index in [1.807, 2.05) is 30.3 Å². The van der Waals surface area contributed by atoms with E-state index in [0.29, 0.717) is 0 Å². The Morgan fingerprint density at radius 3 is 2.65 bits per heavy atom. The number of aliphatic hydroxyl groups excluding tert-OH is 1. The Morgan fingerprint density at radius 2 is 2.12 bits per heavy atom. The molecule has 1 aromatic rings. The molecule has 2 atom stereocenters. The SMILES string of the molecule is C#CCC(N)C(=O)NC(CO)c1ccccc1. The number of carbonyl (C=O) groups excluding carboxylic acids is 1. The van der Waals surface area contributed by atoms with E-state index in [2.05, 4.69) is 11.2 Å². The minimum atomic E-state index is -0.738. The fourth-order valence-electron chi connectivity index (χ4n) is 1.42. The molecule has 4 heteroatoms. The maximum Gasteiger partial charge on any atom is 0.238 e. The predicted molar refractivity (Wildman–Crippen MR) is 65.8 cm³/mol. The first-order valence-corrected chi connectivity index (χ1v) is 5.34. The van der Waals surface area contributed by atoms with Crippen LogP contribution in [0.25, 0.3) is 0 Å². The molecule has 90 valence electrons. The zero-order chi connectivity index (χ0) is 12.7. The summed E-state index contributed by atoms with van der Waals surface area (Å²) >= 11 is 0. The highest BCUT2D eigenvalue weighted by Crippen LogP contribution is 2.11.